The van der Waals surface area contributed by atoms with Crippen molar-refractivity contribution in [3.05, 3.63) is 85.1 Å². The minimum absolute atomic E-state index is 0.0943. The second kappa shape index (κ2) is 48.3. The molecule has 0 aliphatic rings. The van der Waals surface area contributed by atoms with Crippen LogP contribution in [0, 0.1) is 0 Å². The first-order valence-corrected chi connectivity index (χ1v) is 24.6. The molecule has 0 bridgehead atoms. The number of unbranched alkanes of at least 4 members (excludes halogenated alkanes) is 21. The highest BCUT2D eigenvalue weighted by molar-refractivity contribution is 5.71. The zero-order chi connectivity index (χ0) is 43.7. The molecule has 6 nitrogen and oxygen atoms in total. The Labute approximate surface area is 369 Å². The van der Waals surface area contributed by atoms with Crippen LogP contribution in [0.5, 0.6) is 0 Å². The van der Waals surface area contributed by atoms with Crippen LogP contribution in [0.4, 0.5) is 0 Å². The van der Waals surface area contributed by atoms with Gasteiger partial charge in [-0.15, -0.1) is 0 Å². The summed E-state index contributed by atoms with van der Waals surface area (Å²) < 4.78 is 16.7. The van der Waals surface area contributed by atoms with Crippen LogP contribution in [-0.2, 0) is 28.6 Å². The summed E-state index contributed by atoms with van der Waals surface area (Å²) in [5.41, 5.74) is 0. The number of esters is 3. The van der Waals surface area contributed by atoms with E-state index in [-0.39, 0.29) is 31.1 Å². The quantitative estimate of drug-likeness (QED) is 0.0200. The summed E-state index contributed by atoms with van der Waals surface area (Å²) in [6, 6.07) is 0. The molecule has 0 saturated heterocycles. The van der Waals surface area contributed by atoms with Crippen molar-refractivity contribution in [1.82, 2.24) is 0 Å². The van der Waals surface area contributed by atoms with E-state index in [4.69, 9.17) is 14.2 Å². The van der Waals surface area contributed by atoms with Gasteiger partial charge in [0.15, 0.2) is 6.10 Å². The van der Waals surface area contributed by atoms with Gasteiger partial charge in [0.25, 0.3) is 0 Å². The van der Waals surface area contributed by atoms with Crippen LogP contribution in [0.2, 0.25) is 0 Å². The minimum atomic E-state index is -0.793. The summed E-state index contributed by atoms with van der Waals surface area (Å²) in [6.45, 7) is 6.33. The smallest absolute Gasteiger partial charge is 0.306 e. The molecule has 0 amide bonds. The highest BCUT2D eigenvalue weighted by Crippen LogP contribution is 2.14. The molecule has 0 N–H and O–H groups in total. The van der Waals surface area contributed by atoms with E-state index in [0.717, 1.165) is 116 Å². The Kier molecular flexibility index (Phi) is 45.5. The number of rotatable bonds is 43. The molecule has 0 aromatic rings. The van der Waals surface area contributed by atoms with Crippen LogP contribution in [0.3, 0.4) is 0 Å². The lowest BCUT2D eigenvalue weighted by molar-refractivity contribution is -0.167. The third kappa shape index (κ3) is 45.7. The first kappa shape index (κ1) is 56.6. The average Bonchev–Trinajstić information content (AvgIpc) is 3.24. The van der Waals surface area contributed by atoms with Crippen molar-refractivity contribution in [3.63, 3.8) is 0 Å². The zero-order valence-electron chi connectivity index (χ0n) is 38.9. The number of carbonyl (C=O) groups is 3. The first-order valence-electron chi connectivity index (χ1n) is 24.6. The minimum Gasteiger partial charge on any atom is -0.462 e. The predicted octanol–water partition coefficient (Wildman–Crippen LogP) is 16.0. The molecule has 0 heterocycles. The Morgan fingerprint density at radius 2 is 0.733 bits per heavy atom. The Balaban J connectivity index is 4.45. The summed E-state index contributed by atoms with van der Waals surface area (Å²) in [5.74, 6) is -0.939. The lowest BCUT2D eigenvalue weighted by Crippen LogP contribution is -2.30. The molecule has 0 aromatic carbocycles. The van der Waals surface area contributed by atoms with Gasteiger partial charge in [0.05, 0.1) is 0 Å². The van der Waals surface area contributed by atoms with Gasteiger partial charge in [-0.25, -0.2) is 0 Å². The van der Waals surface area contributed by atoms with Gasteiger partial charge in [0, 0.05) is 19.3 Å². The largest absolute Gasteiger partial charge is 0.462 e. The summed E-state index contributed by atoms with van der Waals surface area (Å²) in [6.07, 6.45) is 61.3. The summed E-state index contributed by atoms with van der Waals surface area (Å²) in [5, 5.41) is 0. The molecule has 1 unspecified atom stereocenters. The second-order valence-electron chi connectivity index (χ2n) is 16.0. The average molecular weight is 835 g/mol. The normalized spacial score (nSPS) is 12.8. The molecule has 0 fully saturated rings. The first-order chi connectivity index (χ1) is 29.5. The molecule has 0 aliphatic carbocycles. The maximum absolute atomic E-state index is 12.8. The van der Waals surface area contributed by atoms with Gasteiger partial charge in [-0.05, 0) is 89.9 Å². The van der Waals surface area contributed by atoms with E-state index in [2.05, 4.69) is 87.6 Å². The van der Waals surface area contributed by atoms with Crippen molar-refractivity contribution in [2.75, 3.05) is 13.2 Å². The van der Waals surface area contributed by atoms with Gasteiger partial charge in [-0.2, -0.15) is 0 Å². The van der Waals surface area contributed by atoms with Crippen molar-refractivity contribution < 1.29 is 28.6 Å². The lowest BCUT2D eigenvalue weighted by atomic mass is 10.1. The van der Waals surface area contributed by atoms with Gasteiger partial charge >= 0.3 is 17.9 Å². The fourth-order valence-corrected chi connectivity index (χ4v) is 6.54. The van der Waals surface area contributed by atoms with Gasteiger partial charge in [0.2, 0.25) is 0 Å². The highest BCUT2D eigenvalue weighted by atomic mass is 16.6. The highest BCUT2D eigenvalue weighted by Gasteiger charge is 2.19. The molecule has 1 atom stereocenters. The fraction of sp³-hybridized carbons (Fsp3) is 0.685. The fourth-order valence-electron chi connectivity index (χ4n) is 6.54. The summed E-state index contributed by atoms with van der Waals surface area (Å²) in [4.78, 5) is 37.9. The molecule has 0 rings (SSSR count). The van der Waals surface area contributed by atoms with Crippen LogP contribution < -0.4 is 0 Å². The molecule has 0 spiro atoms. The zero-order valence-corrected chi connectivity index (χ0v) is 38.9. The topological polar surface area (TPSA) is 78.9 Å². The van der Waals surface area contributed by atoms with Crippen molar-refractivity contribution in [2.24, 2.45) is 0 Å². The van der Waals surface area contributed by atoms with E-state index in [1.807, 2.05) is 18.2 Å². The third-order valence-electron chi connectivity index (χ3n) is 10.2. The molecule has 0 radical (unpaired) electrons. The monoisotopic (exact) mass is 835 g/mol. The number of ether oxygens (including phenoxy) is 3. The second-order valence-corrected chi connectivity index (χ2v) is 16.0. The lowest BCUT2D eigenvalue weighted by Gasteiger charge is -2.18. The van der Waals surface area contributed by atoms with E-state index in [0.29, 0.717) is 19.3 Å². The molecule has 0 aliphatic heterocycles. The predicted molar refractivity (Wildman–Crippen MR) is 256 cm³/mol. The van der Waals surface area contributed by atoms with Crippen LogP contribution in [0.15, 0.2) is 85.1 Å². The molecule has 6 heteroatoms. The molecule has 342 valence electrons. The molecule has 0 aromatic heterocycles. The van der Waals surface area contributed by atoms with Gasteiger partial charge in [0.1, 0.15) is 13.2 Å². The summed E-state index contributed by atoms with van der Waals surface area (Å²) in [7, 11) is 0. The van der Waals surface area contributed by atoms with Crippen molar-refractivity contribution in [1.29, 1.82) is 0 Å². The van der Waals surface area contributed by atoms with Crippen molar-refractivity contribution in [3.8, 4) is 0 Å². The Morgan fingerprint density at radius 3 is 1.22 bits per heavy atom. The maximum atomic E-state index is 12.8. The van der Waals surface area contributed by atoms with Crippen LogP contribution in [0.25, 0.3) is 0 Å². The van der Waals surface area contributed by atoms with Crippen molar-refractivity contribution >= 4 is 17.9 Å². The maximum Gasteiger partial charge on any atom is 0.306 e. The number of hydrogen-bond donors (Lipinski definition) is 0. The van der Waals surface area contributed by atoms with Gasteiger partial charge in [-0.3, -0.25) is 14.4 Å². The molecular formula is C54H90O6. The van der Waals surface area contributed by atoms with E-state index in [1.54, 1.807) is 0 Å². The molecule has 60 heavy (non-hydrogen) atoms. The van der Waals surface area contributed by atoms with E-state index >= 15 is 0 Å². The number of allylic oxidation sites excluding steroid dienone is 14. The Bertz CT molecular complexity index is 1190. The number of carbonyl (C=O) groups excluding carboxylic acids is 3. The number of hydrogen-bond acceptors (Lipinski definition) is 6. The Morgan fingerprint density at radius 1 is 0.367 bits per heavy atom. The molecule has 0 saturated carbocycles. The van der Waals surface area contributed by atoms with Crippen LogP contribution in [-0.4, -0.2) is 37.2 Å². The molecular weight excluding hydrogens is 745 g/mol. The Hall–Kier alpha value is -3.41. The summed E-state index contributed by atoms with van der Waals surface area (Å²) >= 11 is 0. The van der Waals surface area contributed by atoms with Crippen LogP contribution >= 0.6 is 0 Å². The van der Waals surface area contributed by atoms with E-state index in [1.165, 1.54) is 64.2 Å². The standard InChI is InChI=1S/C54H90O6/c1-4-7-10-13-16-19-22-25-27-29-32-35-38-41-44-47-53(56)59-50-51(49-58-52(55)46-43-40-37-34-31-24-21-18-15-12-9-6-3)60-54(57)48-45-42-39-36-33-30-28-26-23-20-17-14-11-8-5-2/h7,9-10,12-13,16,18-23,25,27,51H,4-6,8,11,14-15,17,24,26,28-50H2,1-3H3/b10-7-,12-9-,16-13-,21-18-,22-19-,23-20-,27-25-. The van der Waals surface area contributed by atoms with Crippen molar-refractivity contribution in [2.45, 2.75) is 226 Å². The SMILES string of the molecule is CC\C=C/C=C\C=C/C=C\CCCCCCCC(=O)OCC(COC(=O)CCCCCCC/C=C\C/C=C\CC)OC(=O)CCCCCCCCC/C=C\CCCCCC. The van der Waals surface area contributed by atoms with E-state index in [9.17, 15) is 14.4 Å². The third-order valence-corrected chi connectivity index (χ3v) is 10.2. The van der Waals surface area contributed by atoms with Gasteiger partial charge in [-0.1, -0.05) is 196 Å². The van der Waals surface area contributed by atoms with Gasteiger partial charge < -0.3 is 14.2 Å². The van der Waals surface area contributed by atoms with E-state index < -0.39 is 6.10 Å². The van der Waals surface area contributed by atoms with Crippen LogP contribution in [0.1, 0.15) is 220 Å².